The van der Waals surface area contributed by atoms with Crippen LogP contribution in [0.5, 0.6) is 0 Å². The molecular formula is C22H26N2O5S. The van der Waals surface area contributed by atoms with Crippen LogP contribution in [0, 0.1) is 0 Å². The van der Waals surface area contributed by atoms with Gasteiger partial charge in [-0.3, -0.25) is 4.79 Å². The summed E-state index contributed by atoms with van der Waals surface area (Å²) in [6.45, 7) is 3.17. The molecule has 0 radical (unpaired) electrons. The molecule has 0 aliphatic carbocycles. The maximum Gasteiger partial charge on any atom is 0.337 e. The van der Waals surface area contributed by atoms with Crippen LogP contribution in [0.15, 0.2) is 53.4 Å². The Hall–Kier alpha value is -2.87. The van der Waals surface area contributed by atoms with Gasteiger partial charge in [0, 0.05) is 30.4 Å². The fourth-order valence-corrected chi connectivity index (χ4v) is 4.34. The monoisotopic (exact) mass is 430 g/mol. The van der Waals surface area contributed by atoms with Crippen molar-refractivity contribution < 1.29 is 22.7 Å². The smallest absolute Gasteiger partial charge is 0.337 e. The Morgan fingerprint density at radius 3 is 2.10 bits per heavy atom. The zero-order valence-electron chi connectivity index (χ0n) is 17.1. The van der Waals surface area contributed by atoms with Gasteiger partial charge in [-0.1, -0.05) is 6.92 Å². The molecule has 1 saturated heterocycles. The molecule has 0 bridgehead atoms. The fraction of sp³-hybridized carbons (Fsp3) is 0.364. The van der Waals surface area contributed by atoms with Crippen molar-refractivity contribution in [3.8, 4) is 0 Å². The number of rotatable bonds is 6. The van der Waals surface area contributed by atoms with Crippen LogP contribution >= 0.6 is 0 Å². The van der Waals surface area contributed by atoms with Gasteiger partial charge in [0.05, 0.1) is 23.3 Å². The third-order valence-electron chi connectivity index (χ3n) is 5.34. The minimum atomic E-state index is -3.20. The van der Waals surface area contributed by atoms with Crippen LogP contribution in [0.1, 0.15) is 40.5 Å². The van der Waals surface area contributed by atoms with Crippen molar-refractivity contribution in [3.05, 3.63) is 59.7 Å². The Labute approximate surface area is 177 Å². The van der Waals surface area contributed by atoms with Gasteiger partial charge >= 0.3 is 5.97 Å². The number of hydrogen-bond acceptors (Lipinski definition) is 6. The van der Waals surface area contributed by atoms with Crippen molar-refractivity contribution >= 4 is 27.4 Å². The molecule has 3 rings (SSSR count). The maximum absolute atomic E-state index is 12.5. The predicted molar refractivity (Wildman–Crippen MR) is 115 cm³/mol. The minimum Gasteiger partial charge on any atom is -0.465 e. The Morgan fingerprint density at radius 1 is 1.00 bits per heavy atom. The van der Waals surface area contributed by atoms with Crippen molar-refractivity contribution in [2.75, 3.05) is 30.9 Å². The average molecular weight is 431 g/mol. The van der Waals surface area contributed by atoms with Gasteiger partial charge in [0.25, 0.3) is 5.91 Å². The van der Waals surface area contributed by atoms with Crippen LogP contribution in [-0.4, -0.2) is 52.3 Å². The molecule has 8 heteroatoms. The number of nitrogens with one attached hydrogen (secondary N) is 1. The first kappa shape index (κ1) is 21.8. The van der Waals surface area contributed by atoms with Crippen molar-refractivity contribution in [3.63, 3.8) is 0 Å². The van der Waals surface area contributed by atoms with E-state index in [1.807, 2.05) is 12.1 Å². The maximum atomic E-state index is 12.5. The number of carbonyl (C=O) groups excluding carboxylic acids is 2. The number of amides is 1. The van der Waals surface area contributed by atoms with Gasteiger partial charge in [-0.05, 0) is 61.4 Å². The summed E-state index contributed by atoms with van der Waals surface area (Å²) in [6, 6.07) is 13.4. The number of ether oxygens (including phenoxy) is 1. The molecule has 1 fully saturated rings. The van der Waals surface area contributed by atoms with Crippen LogP contribution in [0.4, 0.5) is 5.69 Å². The molecule has 0 aromatic heterocycles. The van der Waals surface area contributed by atoms with Crippen molar-refractivity contribution in [2.45, 2.75) is 30.7 Å². The summed E-state index contributed by atoms with van der Waals surface area (Å²) in [4.78, 5) is 26.5. The van der Waals surface area contributed by atoms with Crippen LogP contribution < -0.4 is 10.2 Å². The Balaban J connectivity index is 1.54. The second-order valence-electron chi connectivity index (χ2n) is 7.20. The second-order valence-corrected chi connectivity index (χ2v) is 9.48. The molecule has 0 atom stereocenters. The summed E-state index contributed by atoms with van der Waals surface area (Å²) in [5.74, 6) is -0.517. The number of methoxy groups -OCH3 is 1. The zero-order chi connectivity index (χ0) is 21.7. The first-order valence-corrected chi connectivity index (χ1v) is 11.6. The van der Waals surface area contributed by atoms with Crippen LogP contribution in [-0.2, 0) is 14.6 Å². The van der Waals surface area contributed by atoms with E-state index in [-0.39, 0.29) is 17.7 Å². The summed E-state index contributed by atoms with van der Waals surface area (Å²) < 4.78 is 28.5. The predicted octanol–water partition coefficient (Wildman–Crippen LogP) is 2.67. The lowest BCUT2D eigenvalue weighted by molar-refractivity contribution is 0.0600. The highest BCUT2D eigenvalue weighted by atomic mass is 32.2. The standard InChI is InChI=1S/C22H26N2O5S/c1-3-30(27,28)20-10-8-19(9-11-20)24-14-12-18(13-15-24)23-21(25)16-4-6-17(7-5-16)22(26)29-2/h4-11,18H,3,12-15H2,1-2H3,(H,23,25). The van der Waals surface area contributed by atoms with E-state index in [1.54, 1.807) is 43.3 Å². The van der Waals surface area contributed by atoms with Gasteiger partial charge in [0.15, 0.2) is 9.84 Å². The lowest BCUT2D eigenvalue weighted by Crippen LogP contribution is -2.44. The van der Waals surface area contributed by atoms with E-state index in [0.29, 0.717) is 16.0 Å². The van der Waals surface area contributed by atoms with Gasteiger partial charge in [0.1, 0.15) is 0 Å². The Kier molecular flexibility index (Phi) is 6.77. The molecule has 0 spiro atoms. The molecule has 7 nitrogen and oxygen atoms in total. The fourth-order valence-electron chi connectivity index (χ4n) is 3.46. The van der Waals surface area contributed by atoms with Crippen molar-refractivity contribution in [2.24, 2.45) is 0 Å². The highest BCUT2D eigenvalue weighted by molar-refractivity contribution is 7.91. The van der Waals surface area contributed by atoms with Crippen LogP contribution in [0.2, 0.25) is 0 Å². The number of nitrogens with zero attached hydrogens (tertiary/aromatic N) is 1. The highest BCUT2D eigenvalue weighted by Gasteiger charge is 2.22. The largest absolute Gasteiger partial charge is 0.465 e. The third kappa shape index (κ3) is 4.99. The minimum absolute atomic E-state index is 0.0637. The highest BCUT2D eigenvalue weighted by Crippen LogP contribution is 2.22. The number of piperidine rings is 1. The molecule has 160 valence electrons. The lowest BCUT2D eigenvalue weighted by atomic mass is 10.0. The first-order valence-electron chi connectivity index (χ1n) is 9.91. The Morgan fingerprint density at radius 2 is 1.57 bits per heavy atom. The van der Waals surface area contributed by atoms with Gasteiger partial charge in [0.2, 0.25) is 0 Å². The lowest BCUT2D eigenvalue weighted by Gasteiger charge is -2.34. The Bertz CT molecular complexity index is 993. The van der Waals surface area contributed by atoms with E-state index >= 15 is 0 Å². The molecule has 1 heterocycles. The summed E-state index contributed by atoms with van der Waals surface area (Å²) in [7, 11) is -1.88. The van der Waals surface area contributed by atoms with Gasteiger partial charge in [-0.15, -0.1) is 0 Å². The number of anilines is 1. The summed E-state index contributed by atoms with van der Waals surface area (Å²) in [5, 5.41) is 3.05. The first-order chi connectivity index (χ1) is 14.3. The van der Waals surface area contributed by atoms with E-state index < -0.39 is 15.8 Å². The number of hydrogen-bond donors (Lipinski definition) is 1. The quantitative estimate of drug-likeness (QED) is 0.709. The molecule has 1 N–H and O–H groups in total. The zero-order valence-corrected chi connectivity index (χ0v) is 17.9. The normalized spacial score (nSPS) is 14.9. The third-order valence-corrected chi connectivity index (χ3v) is 7.09. The van der Waals surface area contributed by atoms with Crippen molar-refractivity contribution in [1.82, 2.24) is 5.32 Å². The molecule has 0 unspecified atom stereocenters. The molecular weight excluding hydrogens is 404 g/mol. The van der Waals surface area contributed by atoms with E-state index in [2.05, 4.69) is 15.0 Å². The molecule has 2 aromatic carbocycles. The van der Waals surface area contributed by atoms with E-state index in [4.69, 9.17) is 0 Å². The van der Waals surface area contributed by atoms with E-state index in [1.165, 1.54) is 7.11 Å². The van der Waals surface area contributed by atoms with Gasteiger partial charge in [-0.2, -0.15) is 0 Å². The average Bonchev–Trinajstić information content (AvgIpc) is 2.79. The number of sulfone groups is 1. The van der Waals surface area contributed by atoms with Gasteiger partial charge in [-0.25, -0.2) is 13.2 Å². The van der Waals surface area contributed by atoms with E-state index in [0.717, 1.165) is 31.6 Å². The number of esters is 1. The molecule has 1 aliphatic rings. The molecule has 30 heavy (non-hydrogen) atoms. The summed E-state index contributed by atoms with van der Waals surface area (Å²) in [5.41, 5.74) is 1.88. The van der Waals surface area contributed by atoms with Crippen molar-refractivity contribution in [1.29, 1.82) is 0 Å². The molecule has 0 saturated carbocycles. The van der Waals surface area contributed by atoms with Gasteiger partial charge < -0.3 is 15.0 Å². The SMILES string of the molecule is CCS(=O)(=O)c1ccc(N2CCC(NC(=O)c3ccc(C(=O)OC)cc3)CC2)cc1. The van der Waals surface area contributed by atoms with Crippen LogP contribution in [0.25, 0.3) is 0 Å². The molecule has 1 amide bonds. The summed E-state index contributed by atoms with van der Waals surface area (Å²) in [6.07, 6.45) is 1.59. The summed E-state index contributed by atoms with van der Waals surface area (Å²) >= 11 is 0. The number of carbonyl (C=O) groups is 2. The van der Waals surface area contributed by atoms with Crippen LogP contribution in [0.3, 0.4) is 0 Å². The van der Waals surface area contributed by atoms with E-state index in [9.17, 15) is 18.0 Å². The number of benzene rings is 2. The molecule has 1 aliphatic heterocycles. The second kappa shape index (κ2) is 9.30. The topological polar surface area (TPSA) is 92.8 Å². The molecule has 2 aromatic rings.